The molecule has 0 amide bonds. The van der Waals surface area contributed by atoms with Crippen LogP contribution in [-0.4, -0.2) is 18.2 Å². The molecule has 4 nitrogen and oxygen atoms in total. The van der Waals surface area contributed by atoms with Gasteiger partial charge in [-0.05, 0) is 0 Å². The molecule has 1 aliphatic rings. The number of carbonyl (C=O) groups is 1. The highest BCUT2D eigenvalue weighted by molar-refractivity contribution is 5.86. The predicted octanol–water partition coefficient (Wildman–Crippen LogP) is -0.980. The van der Waals surface area contributed by atoms with E-state index in [1.807, 2.05) is 0 Å². The van der Waals surface area contributed by atoms with Crippen molar-refractivity contribution in [1.82, 2.24) is 0 Å². The van der Waals surface area contributed by atoms with Gasteiger partial charge in [-0.2, -0.15) is 0 Å². The van der Waals surface area contributed by atoms with Gasteiger partial charge in [0.05, 0.1) is 13.2 Å². The Hall–Kier alpha value is -1.29. The maximum Gasteiger partial charge on any atom is 0.392 e. The number of nitrogens with two attached hydrogens (primary N) is 1. The molecule has 0 fully saturated rings. The molecule has 1 rings (SSSR count). The molecular weight excluding hydrogens is 134 g/mol. The Kier molecular flexibility index (Phi) is 1.73. The Bertz CT molecular complexity index is 217. The van der Waals surface area contributed by atoms with Crippen molar-refractivity contribution in [3.8, 4) is 0 Å². The van der Waals surface area contributed by atoms with Crippen LogP contribution in [0.2, 0.25) is 0 Å². The van der Waals surface area contributed by atoms with Gasteiger partial charge in [-0.25, -0.2) is 4.79 Å². The average Bonchev–Trinajstić information content (AvgIpc) is 2.34. The molecule has 0 aromatic heterocycles. The van der Waals surface area contributed by atoms with E-state index < -0.39 is 5.97 Å². The summed E-state index contributed by atoms with van der Waals surface area (Å²) in [5.41, 5.74) is 0.375. The summed E-state index contributed by atoms with van der Waals surface area (Å²) in [6.07, 6.45) is 2.79. The largest absolute Gasteiger partial charge is 0.503 e. The minimum atomic E-state index is -0.430. The first-order valence-electron chi connectivity index (χ1n) is 2.78. The SMILES string of the molecule is COC(=O)C1=CC(O)=C[NH2+]1. The van der Waals surface area contributed by atoms with E-state index in [0.717, 1.165) is 0 Å². The Balaban J connectivity index is 2.63. The van der Waals surface area contributed by atoms with Crippen LogP contribution < -0.4 is 5.32 Å². The number of ether oxygens (including phenoxy) is 1. The summed E-state index contributed by atoms with van der Waals surface area (Å²) in [6.45, 7) is 0. The number of rotatable bonds is 1. The van der Waals surface area contributed by atoms with Gasteiger partial charge in [0.25, 0.3) is 0 Å². The lowest BCUT2D eigenvalue weighted by Crippen LogP contribution is -2.76. The van der Waals surface area contributed by atoms with Crippen molar-refractivity contribution in [2.75, 3.05) is 7.11 Å². The third-order valence-electron chi connectivity index (χ3n) is 1.16. The maximum absolute atomic E-state index is 10.7. The predicted molar refractivity (Wildman–Crippen MR) is 32.7 cm³/mol. The molecule has 0 saturated heterocycles. The molecule has 10 heavy (non-hydrogen) atoms. The number of carbonyl (C=O) groups excluding carboxylic acids is 1. The minimum absolute atomic E-state index is 0.0837. The molecule has 3 N–H and O–H groups in total. The van der Waals surface area contributed by atoms with Crippen molar-refractivity contribution in [2.24, 2.45) is 0 Å². The van der Waals surface area contributed by atoms with Crippen molar-refractivity contribution in [3.05, 3.63) is 23.7 Å². The maximum atomic E-state index is 10.7. The van der Waals surface area contributed by atoms with E-state index in [4.69, 9.17) is 5.11 Å². The topological polar surface area (TPSA) is 63.1 Å². The highest BCUT2D eigenvalue weighted by Crippen LogP contribution is 1.97. The first kappa shape index (κ1) is 6.82. The highest BCUT2D eigenvalue weighted by atomic mass is 16.5. The molecule has 0 radical (unpaired) electrons. The number of aliphatic hydroxyl groups is 1. The summed E-state index contributed by atoms with van der Waals surface area (Å²) >= 11 is 0. The number of esters is 1. The summed E-state index contributed by atoms with van der Waals surface area (Å²) < 4.78 is 4.40. The normalized spacial score (nSPS) is 16.1. The zero-order chi connectivity index (χ0) is 7.56. The number of hydrogen-bond acceptors (Lipinski definition) is 3. The van der Waals surface area contributed by atoms with E-state index in [0.29, 0.717) is 5.70 Å². The summed E-state index contributed by atoms with van der Waals surface area (Å²) in [4.78, 5) is 10.7. The van der Waals surface area contributed by atoms with Crippen LogP contribution in [0.5, 0.6) is 0 Å². The van der Waals surface area contributed by atoms with E-state index in [1.165, 1.54) is 24.7 Å². The Morgan fingerprint density at radius 2 is 2.50 bits per heavy atom. The van der Waals surface area contributed by atoms with Gasteiger partial charge in [0.2, 0.25) is 5.70 Å². The summed E-state index contributed by atoms with van der Waals surface area (Å²) in [5, 5.41) is 10.3. The number of methoxy groups -OCH3 is 1. The average molecular weight is 142 g/mol. The quantitative estimate of drug-likeness (QED) is 0.462. The fourth-order valence-electron chi connectivity index (χ4n) is 0.676. The van der Waals surface area contributed by atoms with Crippen molar-refractivity contribution >= 4 is 5.97 Å². The van der Waals surface area contributed by atoms with Crippen LogP contribution in [0.25, 0.3) is 0 Å². The number of allylic oxidation sites excluding steroid dienone is 1. The van der Waals surface area contributed by atoms with Crippen LogP contribution in [0.4, 0.5) is 0 Å². The van der Waals surface area contributed by atoms with Gasteiger partial charge < -0.3 is 9.84 Å². The van der Waals surface area contributed by atoms with Gasteiger partial charge in [0.15, 0.2) is 5.76 Å². The van der Waals surface area contributed by atoms with Crippen molar-refractivity contribution in [1.29, 1.82) is 0 Å². The van der Waals surface area contributed by atoms with Crippen LogP contribution in [0.1, 0.15) is 0 Å². The molecule has 0 aliphatic carbocycles. The molecule has 0 spiro atoms. The van der Waals surface area contributed by atoms with Crippen LogP contribution in [0.3, 0.4) is 0 Å². The van der Waals surface area contributed by atoms with Crippen LogP contribution in [0, 0.1) is 0 Å². The van der Waals surface area contributed by atoms with E-state index in [1.54, 1.807) is 0 Å². The van der Waals surface area contributed by atoms with Crippen LogP contribution >= 0.6 is 0 Å². The lowest BCUT2D eigenvalue weighted by molar-refractivity contribution is -0.527. The van der Waals surface area contributed by atoms with Crippen molar-refractivity contribution in [3.63, 3.8) is 0 Å². The molecule has 0 bridgehead atoms. The monoisotopic (exact) mass is 142 g/mol. The van der Waals surface area contributed by atoms with Crippen molar-refractivity contribution in [2.45, 2.75) is 0 Å². The zero-order valence-corrected chi connectivity index (χ0v) is 5.50. The second-order valence-corrected chi connectivity index (χ2v) is 1.85. The second-order valence-electron chi connectivity index (χ2n) is 1.85. The lowest BCUT2D eigenvalue weighted by atomic mass is 10.4. The van der Waals surface area contributed by atoms with Gasteiger partial charge in [-0.15, -0.1) is 0 Å². The minimum Gasteiger partial charge on any atom is -0.503 e. The van der Waals surface area contributed by atoms with Crippen LogP contribution in [0.15, 0.2) is 23.7 Å². The Labute approximate surface area is 57.8 Å². The molecule has 4 heteroatoms. The number of aliphatic hydroxyl groups excluding tert-OH is 1. The number of hydrogen-bond donors (Lipinski definition) is 2. The highest BCUT2D eigenvalue weighted by Gasteiger charge is 2.18. The zero-order valence-electron chi connectivity index (χ0n) is 5.50. The van der Waals surface area contributed by atoms with Gasteiger partial charge in [-0.3, -0.25) is 5.32 Å². The standard InChI is InChI=1S/C6H7NO3/c1-10-6(9)5-2-4(8)3-7-5/h2-3,7-8H,1H3/p+1. The molecule has 1 aliphatic heterocycles. The van der Waals surface area contributed by atoms with E-state index in [2.05, 4.69) is 4.74 Å². The Morgan fingerprint density at radius 3 is 2.90 bits per heavy atom. The molecule has 0 aromatic rings. The Morgan fingerprint density at radius 1 is 1.80 bits per heavy atom. The number of quaternary nitrogens is 1. The van der Waals surface area contributed by atoms with Crippen molar-refractivity contribution < 1.29 is 20.0 Å². The molecular formula is C6H8NO3+. The van der Waals surface area contributed by atoms with Crippen LogP contribution in [-0.2, 0) is 9.53 Å². The van der Waals surface area contributed by atoms with E-state index in [9.17, 15) is 4.79 Å². The summed E-state index contributed by atoms with van der Waals surface area (Å²) in [5.74, 6) is -0.347. The second kappa shape index (κ2) is 2.53. The summed E-state index contributed by atoms with van der Waals surface area (Å²) in [6, 6.07) is 0. The molecule has 0 atom stereocenters. The fourth-order valence-corrected chi connectivity index (χ4v) is 0.676. The van der Waals surface area contributed by atoms with Gasteiger partial charge in [0, 0.05) is 0 Å². The third-order valence-corrected chi connectivity index (χ3v) is 1.16. The molecule has 0 saturated carbocycles. The molecule has 1 heterocycles. The summed E-state index contributed by atoms with van der Waals surface area (Å²) in [7, 11) is 1.30. The van der Waals surface area contributed by atoms with E-state index >= 15 is 0 Å². The first-order valence-corrected chi connectivity index (χ1v) is 2.78. The smallest absolute Gasteiger partial charge is 0.392 e. The fraction of sp³-hybridized carbons (Fsp3) is 0.167. The first-order chi connectivity index (χ1) is 4.74. The third kappa shape index (κ3) is 1.16. The van der Waals surface area contributed by atoms with Gasteiger partial charge in [0.1, 0.15) is 6.20 Å². The molecule has 54 valence electrons. The van der Waals surface area contributed by atoms with E-state index in [-0.39, 0.29) is 5.76 Å². The molecule has 0 aromatic carbocycles. The molecule has 0 unspecified atom stereocenters. The van der Waals surface area contributed by atoms with Gasteiger partial charge >= 0.3 is 5.97 Å². The lowest BCUT2D eigenvalue weighted by Gasteiger charge is -1.92. The van der Waals surface area contributed by atoms with Gasteiger partial charge in [-0.1, -0.05) is 0 Å².